The Kier molecular flexibility index (Phi) is 6.27. The first kappa shape index (κ1) is 22.7. The van der Waals surface area contributed by atoms with Crippen molar-refractivity contribution in [2.24, 2.45) is 5.10 Å². The highest BCUT2D eigenvalue weighted by Crippen LogP contribution is 2.33. The van der Waals surface area contributed by atoms with Crippen LogP contribution in [-0.2, 0) is 6.42 Å². The predicted molar refractivity (Wildman–Crippen MR) is 140 cm³/mol. The molecule has 1 aliphatic rings. The summed E-state index contributed by atoms with van der Waals surface area (Å²) in [5.41, 5.74) is 7.79. The van der Waals surface area contributed by atoms with E-state index in [2.05, 4.69) is 29.7 Å². The van der Waals surface area contributed by atoms with Gasteiger partial charge in [-0.05, 0) is 60.0 Å². The van der Waals surface area contributed by atoms with Crippen molar-refractivity contribution >= 4 is 46.1 Å². The van der Waals surface area contributed by atoms with E-state index in [9.17, 15) is 10.1 Å². The van der Waals surface area contributed by atoms with Crippen molar-refractivity contribution in [1.29, 1.82) is 0 Å². The lowest BCUT2D eigenvalue weighted by molar-refractivity contribution is -0.384. The van der Waals surface area contributed by atoms with Crippen molar-refractivity contribution in [1.82, 2.24) is 5.43 Å². The van der Waals surface area contributed by atoms with Gasteiger partial charge >= 0.3 is 0 Å². The maximum atomic E-state index is 11.0. The van der Waals surface area contributed by atoms with E-state index in [0.717, 1.165) is 12.1 Å². The van der Waals surface area contributed by atoms with Gasteiger partial charge in [-0.2, -0.15) is 10.2 Å². The number of hydrazine groups is 2. The van der Waals surface area contributed by atoms with E-state index < -0.39 is 4.92 Å². The van der Waals surface area contributed by atoms with Crippen LogP contribution >= 0.6 is 23.2 Å². The van der Waals surface area contributed by atoms with E-state index in [0.29, 0.717) is 27.1 Å². The van der Waals surface area contributed by atoms with Crippen LogP contribution in [0.3, 0.4) is 0 Å². The Labute approximate surface area is 211 Å². The summed E-state index contributed by atoms with van der Waals surface area (Å²) in [4.78, 5) is 10.6. The van der Waals surface area contributed by atoms with E-state index >= 15 is 0 Å². The van der Waals surface area contributed by atoms with Gasteiger partial charge in [-0.3, -0.25) is 15.5 Å². The van der Waals surface area contributed by atoms with Gasteiger partial charge in [0, 0.05) is 22.7 Å². The number of hydrazone groups is 1. The molecule has 0 saturated carbocycles. The third kappa shape index (κ3) is 4.91. The van der Waals surface area contributed by atoms with Gasteiger partial charge in [-0.15, -0.1) is 5.10 Å². The summed E-state index contributed by atoms with van der Waals surface area (Å²) in [7, 11) is 0. The summed E-state index contributed by atoms with van der Waals surface area (Å²) in [5, 5.41) is 20.1. The van der Waals surface area contributed by atoms with Crippen molar-refractivity contribution in [3.8, 4) is 0 Å². The third-order valence-electron chi connectivity index (χ3n) is 5.50. The molecular weight excluding hydrogens is 485 g/mol. The van der Waals surface area contributed by atoms with Crippen molar-refractivity contribution in [2.45, 2.75) is 6.42 Å². The first-order valence-electron chi connectivity index (χ1n) is 10.8. The van der Waals surface area contributed by atoms with E-state index in [4.69, 9.17) is 28.3 Å². The molecule has 0 spiro atoms. The highest BCUT2D eigenvalue weighted by atomic mass is 35.5. The second kappa shape index (κ2) is 9.66. The number of nitro groups is 1. The van der Waals surface area contributed by atoms with Crippen LogP contribution in [-0.4, -0.2) is 10.8 Å². The van der Waals surface area contributed by atoms with Gasteiger partial charge < -0.3 is 0 Å². The summed E-state index contributed by atoms with van der Waals surface area (Å²) in [5.74, 6) is 0.513. The lowest BCUT2D eigenvalue weighted by Gasteiger charge is -2.28. The number of hydrogen-bond acceptors (Lipinski definition) is 6. The molecule has 0 amide bonds. The van der Waals surface area contributed by atoms with Crippen molar-refractivity contribution in [3.63, 3.8) is 0 Å². The number of amidine groups is 1. The molecule has 0 fully saturated rings. The first-order valence-corrected chi connectivity index (χ1v) is 11.5. The fraction of sp³-hybridized carbons (Fsp3) is 0.0385. The second-order valence-electron chi connectivity index (χ2n) is 7.89. The van der Waals surface area contributed by atoms with Crippen LogP contribution in [0.5, 0.6) is 0 Å². The summed E-state index contributed by atoms with van der Waals surface area (Å²) < 4.78 is 0. The molecule has 0 radical (unpaired) electrons. The van der Waals surface area contributed by atoms with Gasteiger partial charge in [0.05, 0.1) is 15.6 Å². The van der Waals surface area contributed by atoms with Crippen LogP contribution in [0.15, 0.2) is 102 Å². The average molecular weight is 504 g/mol. The Morgan fingerprint density at radius 1 is 0.857 bits per heavy atom. The molecule has 0 aromatic heterocycles. The van der Waals surface area contributed by atoms with Gasteiger partial charge in [0.15, 0.2) is 5.84 Å². The largest absolute Gasteiger partial charge is 0.269 e. The normalized spacial score (nSPS) is 12.9. The Hall–Kier alpha value is -4.07. The van der Waals surface area contributed by atoms with E-state index in [-0.39, 0.29) is 5.69 Å². The monoisotopic (exact) mass is 503 g/mol. The van der Waals surface area contributed by atoms with Crippen LogP contribution in [0.25, 0.3) is 0 Å². The predicted octanol–water partition coefficient (Wildman–Crippen LogP) is 6.60. The number of nitro benzene ring substituents is 1. The Morgan fingerprint density at radius 3 is 2.20 bits per heavy atom. The topological polar surface area (TPSA) is 74.0 Å². The van der Waals surface area contributed by atoms with Gasteiger partial charge in [0.2, 0.25) is 0 Å². The maximum absolute atomic E-state index is 11.0. The zero-order valence-electron chi connectivity index (χ0n) is 18.3. The van der Waals surface area contributed by atoms with Crippen molar-refractivity contribution in [3.05, 3.63) is 134 Å². The zero-order chi connectivity index (χ0) is 24.4. The quantitative estimate of drug-likeness (QED) is 0.237. The summed E-state index contributed by atoms with van der Waals surface area (Å²) in [6.45, 7) is 0. The molecule has 7 nitrogen and oxygen atoms in total. The highest BCUT2D eigenvalue weighted by Gasteiger charge is 2.28. The van der Waals surface area contributed by atoms with Crippen LogP contribution in [0.4, 0.5) is 17.1 Å². The minimum atomic E-state index is -0.434. The highest BCUT2D eigenvalue weighted by molar-refractivity contribution is 6.36. The summed E-state index contributed by atoms with van der Waals surface area (Å²) in [6.07, 6.45) is 0.823. The molecule has 1 heterocycles. The molecule has 5 rings (SSSR count). The minimum Gasteiger partial charge on any atom is -0.259 e. The smallest absolute Gasteiger partial charge is 0.259 e. The molecule has 4 aromatic carbocycles. The number of rotatable bonds is 6. The van der Waals surface area contributed by atoms with Crippen LogP contribution in [0.2, 0.25) is 10.0 Å². The molecule has 4 aromatic rings. The molecule has 174 valence electrons. The van der Waals surface area contributed by atoms with E-state index in [1.165, 1.54) is 23.3 Å². The van der Waals surface area contributed by atoms with Crippen LogP contribution in [0, 0.1) is 10.1 Å². The van der Waals surface area contributed by atoms with E-state index in [1.54, 1.807) is 40.6 Å². The number of nitrogens with zero attached hydrogens (tertiary/aromatic N) is 4. The van der Waals surface area contributed by atoms with E-state index in [1.807, 2.05) is 30.3 Å². The standard InChI is InChI=1S/C26H19Cl2N5O2/c27-21-10-15-25(24(28)17-21)32-30-26(20-8-13-23(14-9-20)33(34)35)29-31(32)22-11-6-19(7-12-22)16-18-4-2-1-3-5-18/h1-15,17H,16H2,(H,29,30). The molecule has 1 aliphatic heterocycles. The van der Waals surface area contributed by atoms with Crippen LogP contribution < -0.4 is 15.7 Å². The Morgan fingerprint density at radius 2 is 1.54 bits per heavy atom. The third-order valence-corrected chi connectivity index (χ3v) is 6.04. The van der Waals surface area contributed by atoms with Gasteiger partial charge in [0.25, 0.3) is 5.69 Å². The fourth-order valence-electron chi connectivity index (χ4n) is 3.74. The van der Waals surface area contributed by atoms with Gasteiger partial charge in [-0.25, -0.2) is 0 Å². The van der Waals surface area contributed by atoms with Crippen LogP contribution in [0.1, 0.15) is 16.7 Å². The number of non-ortho nitro benzene ring substituents is 1. The fourth-order valence-corrected chi connectivity index (χ4v) is 4.23. The molecular formula is C26H19Cl2N5O2. The molecule has 0 aliphatic carbocycles. The molecule has 1 N–H and O–H groups in total. The number of benzene rings is 4. The van der Waals surface area contributed by atoms with Gasteiger partial charge in [0.1, 0.15) is 5.69 Å². The lowest BCUT2D eigenvalue weighted by atomic mass is 10.1. The zero-order valence-corrected chi connectivity index (χ0v) is 19.8. The van der Waals surface area contributed by atoms with Crippen molar-refractivity contribution < 1.29 is 4.92 Å². The first-order chi connectivity index (χ1) is 17.0. The maximum Gasteiger partial charge on any atom is 0.269 e. The number of halogens is 2. The molecule has 9 heteroatoms. The number of hydrogen-bond donors (Lipinski definition) is 1. The molecule has 35 heavy (non-hydrogen) atoms. The van der Waals surface area contributed by atoms with Crippen molar-refractivity contribution in [2.75, 3.05) is 10.2 Å². The Bertz CT molecular complexity index is 1390. The minimum absolute atomic E-state index is 0.0100. The molecule has 0 atom stereocenters. The molecule has 0 unspecified atom stereocenters. The lowest BCUT2D eigenvalue weighted by Crippen LogP contribution is -2.44. The average Bonchev–Trinajstić information content (AvgIpc) is 3.30. The SMILES string of the molecule is O=[N+]([O-])c1ccc(C2=NN(c3ccc(Cc4ccccc4)cc3)N(c3ccc(Cl)cc3Cl)N2)cc1. The second-order valence-corrected chi connectivity index (χ2v) is 8.73. The molecule has 0 bridgehead atoms. The molecule has 0 saturated heterocycles. The number of nitrogens with one attached hydrogen (secondary N) is 1. The number of anilines is 2. The summed E-state index contributed by atoms with van der Waals surface area (Å²) in [6, 6.07) is 29.7. The summed E-state index contributed by atoms with van der Waals surface area (Å²) >= 11 is 12.6. The Balaban J connectivity index is 1.48. The van der Waals surface area contributed by atoms with Gasteiger partial charge in [-0.1, -0.05) is 65.7 Å².